The highest BCUT2D eigenvalue weighted by Crippen LogP contribution is 2.47. The highest BCUT2D eigenvalue weighted by Gasteiger charge is 2.58. The number of alkyl halides is 1. The number of nitrogens with zero attached hydrogens (tertiary/aromatic N) is 1. The molecule has 9 nitrogen and oxygen atoms in total. The highest BCUT2D eigenvalue weighted by atomic mass is 19.2. The van der Waals surface area contributed by atoms with Crippen LogP contribution in [0, 0.1) is 18.3 Å². The van der Waals surface area contributed by atoms with Crippen LogP contribution in [-0.2, 0) is 23.8 Å². The van der Waals surface area contributed by atoms with Crippen LogP contribution in [0.4, 0.5) is 4.39 Å². The summed E-state index contributed by atoms with van der Waals surface area (Å²) in [5, 5.41) is 21.4. The third kappa shape index (κ3) is 5.32. The van der Waals surface area contributed by atoms with Crippen LogP contribution in [0.25, 0.3) is 11.1 Å². The molecular formula is C26H34FNO8. The van der Waals surface area contributed by atoms with Gasteiger partial charge >= 0.3 is 5.97 Å². The second-order valence-corrected chi connectivity index (χ2v) is 10.5. The van der Waals surface area contributed by atoms with E-state index in [-0.39, 0.29) is 19.4 Å². The van der Waals surface area contributed by atoms with Crippen molar-refractivity contribution in [2.24, 2.45) is 11.3 Å². The molecule has 2 aromatic rings. The summed E-state index contributed by atoms with van der Waals surface area (Å²) in [6, 6.07) is 5.12. The molecule has 1 aromatic carbocycles. The van der Waals surface area contributed by atoms with E-state index in [2.05, 4.69) is 4.98 Å². The molecule has 2 saturated heterocycles. The molecule has 2 aliphatic heterocycles. The number of carbonyl (C=O) groups is 2. The van der Waals surface area contributed by atoms with E-state index >= 15 is 4.39 Å². The van der Waals surface area contributed by atoms with E-state index in [4.69, 9.17) is 18.6 Å². The van der Waals surface area contributed by atoms with E-state index in [9.17, 15) is 19.8 Å². The molecule has 0 saturated carbocycles. The molecule has 198 valence electrons. The first-order valence-corrected chi connectivity index (χ1v) is 12.3. The molecule has 2 aliphatic rings. The maximum atomic E-state index is 15.2. The van der Waals surface area contributed by atoms with Gasteiger partial charge < -0.3 is 28.8 Å². The summed E-state index contributed by atoms with van der Waals surface area (Å²) in [6.07, 6.45) is -5.49. The summed E-state index contributed by atoms with van der Waals surface area (Å²) in [4.78, 5) is 30.3. The van der Waals surface area contributed by atoms with E-state index in [1.807, 2.05) is 0 Å². The largest absolute Gasteiger partial charge is 0.457 e. The predicted molar refractivity (Wildman–Crippen MR) is 126 cm³/mol. The highest BCUT2D eigenvalue weighted by molar-refractivity contribution is 5.88. The van der Waals surface area contributed by atoms with Crippen LogP contribution in [0.15, 0.2) is 22.6 Å². The molecule has 0 aliphatic carbocycles. The molecular weight excluding hydrogens is 473 g/mol. The number of aryl methyl sites for hydroxylation is 1. The summed E-state index contributed by atoms with van der Waals surface area (Å²) in [5.41, 5.74) is 0.375. The molecule has 2 fully saturated rings. The van der Waals surface area contributed by atoms with Crippen LogP contribution in [0.5, 0.6) is 0 Å². The zero-order valence-corrected chi connectivity index (χ0v) is 21.2. The van der Waals surface area contributed by atoms with Crippen LogP contribution in [-0.4, -0.2) is 63.8 Å². The Morgan fingerprint density at radius 1 is 1.17 bits per heavy atom. The van der Waals surface area contributed by atoms with Gasteiger partial charge in [-0.15, -0.1) is 0 Å². The fourth-order valence-electron chi connectivity index (χ4n) is 4.77. The van der Waals surface area contributed by atoms with Gasteiger partial charge in [-0.25, -0.2) is 9.37 Å². The number of aliphatic hydroxyl groups excluding tert-OH is 2. The molecule has 7 atom stereocenters. The summed E-state index contributed by atoms with van der Waals surface area (Å²) in [7, 11) is 0. The molecule has 4 rings (SSSR count). The van der Waals surface area contributed by atoms with Gasteiger partial charge in [0.25, 0.3) is 0 Å². The van der Waals surface area contributed by atoms with Crippen molar-refractivity contribution in [1.29, 1.82) is 0 Å². The fraction of sp³-hybridized carbons (Fsp3) is 0.654. The molecule has 36 heavy (non-hydrogen) atoms. The van der Waals surface area contributed by atoms with Crippen molar-refractivity contribution in [2.45, 2.75) is 90.3 Å². The van der Waals surface area contributed by atoms with Gasteiger partial charge in [0.1, 0.15) is 23.5 Å². The zero-order chi connectivity index (χ0) is 26.4. The van der Waals surface area contributed by atoms with Gasteiger partial charge in [0, 0.05) is 25.7 Å². The number of ketones is 1. The average molecular weight is 508 g/mol. The number of Topliss-reactive ketones (excluding diaryl/α,β-unsaturated/α-hetero) is 1. The molecule has 0 spiro atoms. The van der Waals surface area contributed by atoms with E-state index in [0.717, 1.165) is 0 Å². The number of aromatic nitrogens is 1. The fourth-order valence-corrected chi connectivity index (χ4v) is 4.77. The van der Waals surface area contributed by atoms with Crippen molar-refractivity contribution in [2.75, 3.05) is 6.61 Å². The standard InChI is InChI=1S/C26H34FNO8/c1-13-23(31)14(2)33-9-8-26(27)21(36-26)11-19(16-6-7-18-17(10-16)28-15(3)34-18)35-22(30)12-20(29)25(4,5)24(13)32/h6-7,10,13-14,19-21,23,29,31H,8-9,11-12H2,1-5H3/t13-,14?,19+,20+,21+,23+,26-/m1/s1. The number of halogens is 1. The van der Waals surface area contributed by atoms with Crippen LogP contribution in [0.1, 0.15) is 64.5 Å². The monoisotopic (exact) mass is 507 g/mol. The first-order chi connectivity index (χ1) is 16.8. The second kappa shape index (κ2) is 9.81. The van der Waals surface area contributed by atoms with Gasteiger partial charge in [-0.3, -0.25) is 9.59 Å². The lowest BCUT2D eigenvalue weighted by atomic mass is 9.74. The zero-order valence-electron chi connectivity index (χ0n) is 21.2. The predicted octanol–water partition coefficient (Wildman–Crippen LogP) is 3.33. The van der Waals surface area contributed by atoms with Crippen molar-refractivity contribution < 1.29 is 42.8 Å². The number of hydrogen-bond acceptors (Lipinski definition) is 9. The Labute approximate surface area is 208 Å². The Kier molecular flexibility index (Phi) is 7.27. The number of cyclic esters (lactones) is 1. The number of oxazole rings is 1. The van der Waals surface area contributed by atoms with E-state index in [0.29, 0.717) is 22.6 Å². The number of ether oxygens (including phenoxy) is 3. The Balaban J connectivity index is 1.61. The maximum Gasteiger partial charge on any atom is 0.309 e. The lowest BCUT2D eigenvalue weighted by Gasteiger charge is -2.34. The van der Waals surface area contributed by atoms with Gasteiger partial charge in [-0.2, -0.15) is 0 Å². The number of carbonyl (C=O) groups excluding carboxylic acids is 2. The van der Waals surface area contributed by atoms with E-state index in [1.165, 1.54) is 20.8 Å². The quantitative estimate of drug-likeness (QED) is 0.441. The third-order valence-corrected chi connectivity index (χ3v) is 7.41. The van der Waals surface area contributed by atoms with Gasteiger partial charge in [0.05, 0.1) is 36.8 Å². The number of hydrogen-bond donors (Lipinski definition) is 2. The minimum absolute atomic E-state index is 0.0349. The van der Waals surface area contributed by atoms with Gasteiger partial charge in [0.15, 0.2) is 11.5 Å². The van der Waals surface area contributed by atoms with Crippen molar-refractivity contribution in [3.8, 4) is 0 Å². The van der Waals surface area contributed by atoms with Gasteiger partial charge in [-0.05, 0) is 24.6 Å². The van der Waals surface area contributed by atoms with E-state index in [1.54, 1.807) is 32.0 Å². The van der Waals surface area contributed by atoms with Crippen LogP contribution >= 0.6 is 0 Å². The second-order valence-electron chi connectivity index (χ2n) is 10.5. The number of esters is 1. The number of epoxide rings is 1. The van der Waals surface area contributed by atoms with Gasteiger partial charge in [-0.1, -0.05) is 26.8 Å². The third-order valence-electron chi connectivity index (χ3n) is 7.41. The first-order valence-electron chi connectivity index (χ1n) is 12.3. The lowest BCUT2D eigenvalue weighted by molar-refractivity contribution is -0.157. The van der Waals surface area contributed by atoms with Crippen molar-refractivity contribution in [3.05, 3.63) is 29.7 Å². The topological polar surface area (TPSA) is 132 Å². The van der Waals surface area contributed by atoms with Crippen molar-refractivity contribution >= 4 is 22.9 Å². The molecule has 1 aromatic heterocycles. The Morgan fingerprint density at radius 2 is 1.89 bits per heavy atom. The molecule has 0 radical (unpaired) electrons. The number of aliphatic hydroxyl groups is 2. The van der Waals surface area contributed by atoms with Crippen LogP contribution < -0.4 is 0 Å². The maximum absolute atomic E-state index is 15.2. The van der Waals surface area contributed by atoms with E-state index < -0.39 is 65.9 Å². The normalized spacial score (nSPS) is 36.3. The van der Waals surface area contributed by atoms with Crippen molar-refractivity contribution in [3.63, 3.8) is 0 Å². The average Bonchev–Trinajstić information content (AvgIpc) is 3.28. The first kappa shape index (κ1) is 26.7. The molecule has 2 N–H and O–H groups in total. The Bertz CT molecular complexity index is 1130. The smallest absolute Gasteiger partial charge is 0.309 e. The van der Waals surface area contributed by atoms with Crippen LogP contribution in [0.2, 0.25) is 0 Å². The molecule has 3 heterocycles. The molecule has 1 unspecified atom stereocenters. The van der Waals surface area contributed by atoms with Crippen LogP contribution in [0.3, 0.4) is 0 Å². The molecule has 10 heteroatoms. The number of fused-ring (bicyclic) bond motifs is 2. The number of benzene rings is 1. The van der Waals surface area contributed by atoms with Crippen molar-refractivity contribution in [1.82, 2.24) is 4.98 Å². The number of rotatable bonds is 1. The Morgan fingerprint density at radius 3 is 2.61 bits per heavy atom. The lowest BCUT2D eigenvalue weighted by Crippen LogP contribution is -2.47. The molecule has 0 amide bonds. The van der Waals surface area contributed by atoms with Gasteiger partial charge in [0.2, 0.25) is 5.85 Å². The SMILES string of the molecule is Cc1nc2cc([C@@H]3C[C@@H]4O[C@]4(F)CCOC(C)[C@@H](O)[C@@H](C)C(=O)C(C)(C)[C@@H](O)CC(=O)O3)ccc2o1. The Hall–Kier alpha value is -2.40. The summed E-state index contributed by atoms with van der Waals surface area (Å²) in [6.45, 7) is 7.88. The minimum atomic E-state index is -1.95. The summed E-state index contributed by atoms with van der Waals surface area (Å²) in [5.74, 6) is -3.53. The summed E-state index contributed by atoms with van der Waals surface area (Å²) >= 11 is 0. The minimum Gasteiger partial charge on any atom is -0.457 e. The summed E-state index contributed by atoms with van der Waals surface area (Å²) < 4.78 is 37.4. The molecule has 0 bridgehead atoms.